The minimum Gasteiger partial charge on any atom is -0.394 e. The molecule has 3 heteroatoms. The van der Waals surface area contributed by atoms with Gasteiger partial charge in [-0.25, -0.2) is 0 Å². The van der Waals surface area contributed by atoms with Gasteiger partial charge in [-0.1, -0.05) is 13.3 Å². The van der Waals surface area contributed by atoms with E-state index in [-0.39, 0.29) is 24.5 Å². The smallest absolute Gasteiger partial charge is 0.224 e. The summed E-state index contributed by atoms with van der Waals surface area (Å²) >= 11 is 0. The van der Waals surface area contributed by atoms with Gasteiger partial charge in [0.15, 0.2) is 0 Å². The Hall–Kier alpha value is -0.570. The Morgan fingerprint density at radius 3 is 2.82 bits per heavy atom. The average Bonchev–Trinajstić information content (AvgIpc) is 2.65. The quantitative estimate of drug-likeness (QED) is 0.577. The summed E-state index contributed by atoms with van der Waals surface area (Å²) in [6.07, 6.45) is 1.07. The van der Waals surface area contributed by atoms with Gasteiger partial charge in [-0.15, -0.1) is 0 Å². The van der Waals surface area contributed by atoms with Crippen molar-refractivity contribution in [2.24, 2.45) is 17.8 Å². The van der Waals surface area contributed by atoms with E-state index in [1.807, 2.05) is 0 Å². The number of hydrogen-bond donors (Lipinski definition) is 2. The molecule has 2 rings (SSSR count). The number of aliphatic hydroxyl groups excluding tert-OH is 1. The number of piperidine rings is 1. The molecule has 1 saturated carbocycles. The van der Waals surface area contributed by atoms with E-state index in [1.165, 1.54) is 0 Å². The lowest BCUT2D eigenvalue weighted by atomic mass is 10.1. The molecule has 0 bridgehead atoms. The molecule has 62 valence electrons. The van der Waals surface area contributed by atoms with Crippen LogP contribution in [0.2, 0.25) is 0 Å². The highest BCUT2D eigenvalue weighted by molar-refractivity contribution is 5.85. The Morgan fingerprint density at radius 1 is 1.64 bits per heavy atom. The van der Waals surface area contributed by atoms with Crippen molar-refractivity contribution in [3.8, 4) is 0 Å². The minimum absolute atomic E-state index is 0.0532. The molecule has 2 fully saturated rings. The number of hydrogen-bond acceptors (Lipinski definition) is 2. The first-order chi connectivity index (χ1) is 5.29. The van der Waals surface area contributed by atoms with Gasteiger partial charge in [-0.2, -0.15) is 0 Å². The monoisotopic (exact) mass is 155 g/mol. The molecular weight excluding hydrogens is 142 g/mol. The maximum absolute atomic E-state index is 11.1. The lowest BCUT2D eigenvalue weighted by Gasteiger charge is -2.11. The molecular formula is C8H13NO2. The van der Waals surface area contributed by atoms with Crippen LogP contribution in [0.15, 0.2) is 0 Å². The zero-order chi connectivity index (χ0) is 8.01. The van der Waals surface area contributed by atoms with Gasteiger partial charge in [-0.3, -0.25) is 4.79 Å². The van der Waals surface area contributed by atoms with Crippen molar-refractivity contribution in [1.29, 1.82) is 0 Å². The summed E-state index contributed by atoms with van der Waals surface area (Å²) in [6.45, 7) is 2.20. The van der Waals surface area contributed by atoms with E-state index in [0.29, 0.717) is 11.8 Å². The van der Waals surface area contributed by atoms with Crippen molar-refractivity contribution in [2.75, 3.05) is 6.61 Å². The summed E-state index contributed by atoms with van der Waals surface area (Å²) in [4.78, 5) is 11.1. The second-order valence-electron chi connectivity index (χ2n) is 3.47. The molecule has 1 aliphatic heterocycles. The maximum Gasteiger partial charge on any atom is 0.224 e. The van der Waals surface area contributed by atoms with E-state index in [0.717, 1.165) is 6.42 Å². The molecule has 11 heavy (non-hydrogen) atoms. The molecule has 1 unspecified atom stereocenters. The normalized spacial score (nSPS) is 46.9. The number of carbonyl (C=O) groups is 1. The van der Waals surface area contributed by atoms with Gasteiger partial charge in [0.25, 0.3) is 0 Å². The summed E-state index contributed by atoms with van der Waals surface area (Å²) in [5, 5.41) is 11.7. The molecule has 1 amide bonds. The Labute approximate surface area is 65.8 Å². The molecule has 1 aliphatic carbocycles. The van der Waals surface area contributed by atoms with Crippen LogP contribution in [0, 0.1) is 17.8 Å². The van der Waals surface area contributed by atoms with Gasteiger partial charge in [-0.05, 0) is 11.8 Å². The van der Waals surface area contributed by atoms with Crippen LogP contribution in [0.3, 0.4) is 0 Å². The van der Waals surface area contributed by atoms with Crippen LogP contribution in [0.5, 0.6) is 0 Å². The fraction of sp³-hybridized carbons (Fsp3) is 0.875. The summed E-state index contributed by atoms with van der Waals surface area (Å²) in [7, 11) is 0. The minimum atomic E-state index is 0.0532. The van der Waals surface area contributed by atoms with Gasteiger partial charge >= 0.3 is 0 Å². The maximum atomic E-state index is 11.1. The van der Waals surface area contributed by atoms with Crippen LogP contribution in [0.1, 0.15) is 13.3 Å². The van der Waals surface area contributed by atoms with Crippen LogP contribution in [-0.4, -0.2) is 23.7 Å². The molecule has 1 heterocycles. The first-order valence-electron chi connectivity index (χ1n) is 4.20. The number of nitrogens with one attached hydrogen (secondary N) is 1. The highest BCUT2D eigenvalue weighted by atomic mass is 16.3. The van der Waals surface area contributed by atoms with Crippen LogP contribution < -0.4 is 5.32 Å². The predicted molar refractivity (Wildman–Crippen MR) is 39.8 cm³/mol. The molecule has 3 nitrogen and oxygen atoms in total. The van der Waals surface area contributed by atoms with Crippen molar-refractivity contribution >= 4 is 5.91 Å². The SMILES string of the molecule is CC[C@@H]1C2C(=O)N[C@H](CO)[C@H]21. The number of rotatable bonds is 2. The first kappa shape index (κ1) is 7.10. The summed E-state index contributed by atoms with van der Waals surface area (Å²) in [5.41, 5.74) is 0. The molecule has 0 aromatic heterocycles. The fourth-order valence-corrected chi connectivity index (χ4v) is 2.39. The van der Waals surface area contributed by atoms with E-state index < -0.39 is 0 Å². The van der Waals surface area contributed by atoms with Gasteiger partial charge in [0.05, 0.1) is 12.6 Å². The Bertz CT molecular complexity index is 193. The molecule has 4 atom stereocenters. The van der Waals surface area contributed by atoms with Crippen molar-refractivity contribution in [2.45, 2.75) is 19.4 Å². The molecule has 2 N–H and O–H groups in total. The van der Waals surface area contributed by atoms with E-state index in [4.69, 9.17) is 5.11 Å². The third kappa shape index (κ3) is 0.805. The fourth-order valence-electron chi connectivity index (χ4n) is 2.39. The van der Waals surface area contributed by atoms with E-state index in [2.05, 4.69) is 12.2 Å². The van der Waals surface area contributed by atoms with Crippen molar-refractivity contribution in [3.63, 3.8) is 0 Å². The molecule has 2 aliphatic rings. The number of fused-ring (bicyclic) bond motifs is 1. The average molecular weight is 155 g/mol. The third-order valence-electron chi connectivity index (χ3n) is 2.99. The Balaban J connectivity index is 2.06. The van der Waals surface area contributed by atoms with Gasteiger partial charge in [0.1, 0.15) is 0 Å². The first-order valence-corrected chi connectivity index (χ1v) is 4.20. The number of aliphatic hydroxyl groups is 1. The van der Waals surface area contributed by atoms with E-state index in [9.17, 15) is 4.79 Å². The molecule has 0 aromatic carbocycles. The second kappa shape index (κ2) is 2.21. The molecule has 0 spiro atoms. The largest absolute Gasteiger partial charge is 0.394 e. The van der Waals surface area contributed by atoms with E-state index in [1.54, 1.807) is 0 Å². The lowest BCUT2D eigenvalue weighted by Crippen LogP contribution is -2.34. The second-order valence-corrected chi connectivity index (χ2v) is 3.47. The molecule has 1 saturated heterocycles. The van der Waals surface area contributed by atoms with Gasteiger partial charge < -0.3 is 10.4 Å². The molecule has 0 radical (unpaired) electrons. The van der Waals surface area contributed by atoms with Crippen molar-refractivity contribution in [3.05, 3.63) is 0 Å². The van der Waals surface area contributed by atoms with Crippen molar-refractivity contribution < 1.29 is 9.90 Å². The summed E-state index contributed by atoms with van der Waals surface area (Å²) in [5.74, 6) is 1.39. The van der Waals surface area contributed by atoms with E-state index >= 15 is 0 Å². The standard InChI is InChI=1S/C8H13NO2/c1-2-4-6-5(3-10)9-8(11)7(4)6/h4-7,10H,2-3H2,1H3,(H,9,11)/t4-,5+,6+,7?/m0/s1. The highest BCUT2D eigenvalue weighted by Gasteiger charge is 2.61. The Morgan fingerprint density at radius 2 is 2.36 bits per heavy atom. The third-order valence-corrected chi connectivity index (χ3v) is 2.99. The van der Waals surface area contributed by atoms with Gasteiger partial charge in [0.2, 0.25) is 5.91 Å². The Kier molecular flexibility index (Phi) is 1.42. The van der Waals surface area contributed by atoms with Crippen LogP contribution in [0.25, 0.3) is 0 Å². The molecule has 0 aromatic rings. The van der Waals surface area contributed by atoms with Gasteiger partial charge in [0, 0.05) is 5.92 Å². The number of carbonyl (C=O) groups excluding carboxylic acids is 1. The highest BCUT2D eigenvalue weighted by Crippen LogP contribution is 2.54. The predicted octanol–water partition coefficient (Wildman–Crippen LogP) is -0.251. The van der Waals surface area contributed by atoms with Crippen molar-refractivity contribution in [1.82, 2.24) is 5.32 Å². The van der Waals surface area contributed by atoms with Crippen LogP contribution in [0.4, 0.5) is 0 Å². The summed E-state index contributed by atoms with van der Waals surface area (Å²) in [6, 6.07) is 0.0532. The lowest BCUT2D eigenvalue weighted by molar-refractivity contribution is -0.121. The topological polar surface area (TPSA) is 49.3 Å². The zero-order valence-corrected chi connectivity index (χ0v) is 6.58. The summed E-state index contributed by atoms with van der Waals surface area (Å²) < 4.78 is 0. The van der Waals surface area contributed by atoms with Crippen LogP contribution in [-0.2, 0) is 4.79 Å². The number of amides is 1. The zero-order valence-electron chi connectivity index (χ0n) is 6.58. The van der Waals surface area contributed by atoms with Crippen LogP contribution >= 0.6 is 0 Å².